The van der Waals surface area contributed by atoms with Crippen molar-refractivity contribution in [3.05, 3.63) is 94.9 Å². The van der Waals surface area contributed by atoms with Gasteiger partial charge in [0.1, 0.15) is 11.9 Å². The third kappa shape index (κ3) is 3.64. The van der Waals surface area contributed by atoms with Crippen LogP contribution in [-0.2, 0) is 11.2 Å². The number of para-hydroxylation sites is 2. The molecule has 1 saturated heterocycles. The van der Waals surface area contributed by atoms with Gasteiger partial charge in [-0.05, 0) is 72.3 Å². The van der Waals surface area contributed by atoms with Gasteiger partial charge in [-0.25, -0.2) is 4.99 Å². The normalized spacial score (nSPS) is 20.6. The van der Waals surface area contributed by atoms with E-state index >= 15 is 0 Å². The van der Waals surface area contributed by atoms with Crippen LogP contribution >= 0.6 is 11.8 Å². The minimum Gasteiger partial charge on any atom is -0.490 e. The average molecular weight is 413 g/mol. The predicted octanol–water partition coefficient (Wildman–Crippen LogP) is 5.82. The van der Waals surface area contributed by atoms with Gasteiger partial charge in [-0.3, -0.25) is 9.69 Å². The van der Waals surface area contributed by atoms with Gasteiger partial charge in [0.2, 0.25) is 0 Å². The number of carbonyl (C=O) groups excluding carboxylic acids is 1. The summed E-state index contributed by atoms with van der Waals surface area (Å²) >= 11 is 1.40. The Labute approximate surface area is 179 Å². The fourth-order valence-corrected chi connectivity index (χ4v) is 4.65. The Balaban J connectivity index is 1.53. The predicted molar refractivity (Wildman–Crippen MR) is 123 cm³/mol. The number of rotatable bonds is 3. The number of benzene rings is 3. The van der Waals surface area contributed by atoms with Gasteiger partial charge in [0.05, 0.1) is 16.3 Å². The number of anilines is 1. The van der Waals surface area contributed by atoms with Crippen molar-refractivity contribution in [2.45, 2.75) is 19.4 Å². The maximum absolute atomic E-state index is 13.3. The third-order valence-corrected chi connectivity index (χ3v) is 5.99. The molecule has 5 rings (SSSR count). The third-order valence-electron chi connectivity index (χ3n) is 5.02. The molecule has 2 heterocycles. The molecule has 0 radical (unpaired) electrons. The highest BCUT2D eigenvalue weighted by Gasteiger charge is 2.34. The number of amides is 1. The van der Waals surface area contributed by atoms with Gasteiger partial charge in [-0.2, -0.15) is 0 Å². The molecule has 0 saturated carbocycles. The van der Waals surface area contributed by atoms with Crippen LogP contribution in [0, 0.1) is 0 Å². The Hall–Kier alpha value is -3.31. The quantitative estimate of drug-likeness (QED) is 0.509. The van der Waals surface area contributed by atoms with E-state index in [4.69, 9.17) is 9.73 Å². The first kappa shape index (κ1) is 18.7. The molecular formula is C25H20N2O2S. The minimum atomic E-state index is -0.0639. The summed E-state index contributed by atoms with van der Waals surface area (Å²) < 4.78 is 5.79. The molecule has 148 valence electrons. The van der Waals surface area contributed by atoms with Gasteiger partial charge in [0.25, 0.3) is 5.91 Å². The largest absolute Gasteiger partial charge is 0.490 e. The number of fused-ring (bicyclic) bond motifs is 1. The second-order valence-electron chi connectivity index (χ2n) is 7.32. The van der Waals surface area contributed by atoms with Gasteiger partial charge >= 0.3 is 0 Å². The van der Waals surface area contributed by atoms with Crippen LogP contribution in [0.3, 0.4) is 0 Å². The molecule has 2 aliphatic heterocycles. The molecule has 0 spiro atoms. The zero-order chi connectivity index (χ0) is 20.5. The lowest BCUT2D eigenvalue weighted by molar-refractivity contribution is -0.113. The number of hydrogen-bond donors (Lipinski definition) is 0. The van der Waals surface area contributed by atoms with E-state index in [-0.39, 0.29) is 12.0 Å². The average Bonchev–Trinajstić information content (AvgIpc) is 3.27. The van der Waals surface area contributed by atoms with E-state index in [2.05, 4.69) is 13.0 Å². The first-order valence-corrected chi connectivity index (χ1v) is 10.7. The van der Waals surface area contributed by atoms with Crippen molar-refractivity contribution < 1.29 is 9.53 Å². The van der Waals surface area contributed by atoms with Crippen LogP contribution in [0.25, 0.3) is 6.08 Å². The van der Waals surface area contributed by atoms with Crippen molar-refractivity contribution in [3.8, 4) is 5.75 Å². The van der Waals surface area contributed by atoms with Crippen LogP contribution in [0.4, 0.5) is 11.4 Å². The molecule has 3 aromatic carbocycles. The second kappa shape index (κ2) is 7.84. The maximum Gasteiger partial charge on any atom is 0.271 e. The van der Waals surface area contributed by atoms with Crippen molar-refractivity contribution >= 4 is 40.3 Å². The SMILES string of the molecule is C[C@H]1Cc2cc(/C=C3/SC(=Nc4ccccc4)N(c4ccccc4)C3=O)ccc2O1. The molecule has 0 unspecified atom stereocenters. The Bertz CT molecular complexity index is 1160. The standard InChI is InChI=1S/C25H20N2O2S/c1-17-14-19-15-18(12-13-22(19)29-17)16-23-24(28)27(21-10-6-3-7-11-21)25(30-23)26-20-8-4-2-5-9-20/h2-13,15-17H,14H2,1H3/b23-16+,26-25?/t17-/m0/s1. The lowest BCUT2D eigenvalue weighted by atomic mass is 10.1. The summed E-state index contributed by atoms with van der Waals surface area (Å²) in [6.07, 6.45) is 3.04. The number of thioether (sulfide) groups is 1. The van der Waals surface area contributed by atoms with Gasteiger partial charge < -0.3 is 4.74 Å². The molecule has 4 nitrogen and oxygen atoms in total. The van der Waals surface area contributed by atoms with Gasteiger partial charge in [-0.1, -0.05) is 42.5 Å². The zero-order valence-corrected chi connectivity index (χ0v) is 17.3. The summed E-state index contributed by atoms with van der Waals surface area (Å²) in [6, 6.07) is 25.5. The number of amidine groups is 1. The highest BCUT2D eigenvalue weighted by Crippen LogP contribution is 2.38. The molecular weight excluding hydrogens is 392 g/mol. The molecule has 1 amide bonds. The van der Waals surface area contributed by atoms with Crippen molar-refractivity contribution in [1.82, 2.24) is 0 Å². The molecule has 3 aromatic rings. The van der Waals surface area contributed by atoms with Crippen LogP contribution in [0.2, 0.25) is 0 Å². The summed E-state index contributed by atoms with van der Waals surface area (Å²) in [5.41, 5.74) is 3.81. The molecule has 1 fully saturated rings. The highest BCUT2D eigenvalue weighted by atomic mass is 32.2. The van der Waals surface area contributed by atoms with Crippen molar-refractivity contribution in [2.75, 3.05) is 4.90 Å². The Kier molecular flexibility index (Phi) is 4.89. The molecule has 30 heavy (non-hydrogen) atoms. The summed E-state index contributed by atoms with van der Waals surface area (Å²) in [6.45, 7) is 2.07. The van der Waals surface area contributed by atoms with E-state index in [0.29, 0.717) is 10.1 Å². The van der Waals surface area contributed by atoms with E-state index < -0.39 is 0 Å². The van der Waals surface area contributed by atoms with Crippen molar-refractivity contribution in [2.24, 2.45) is 4.99 Å². The van der Waals surface area contributed by atoms with Crippen molar-refractivity contribution in [1.29, 1.82) is 0 Å². The Morgan fingerprint density at radius 2 is 1.77 bits per heavy atom. The van der Waals surface area contributed by atoms with E-state index in [1.807, 2.05) is 78.9 Å². The topological polar surface area (TPSA) is 41.9 Å². The Morgan fingerprint density at radius 3 is 2.53 bits per heavy atom. The molecule has 1 atom stereocenters. The molecule has 2 aliphatic rings. The van der Waals surface area contributed by atoms with E-state index in [1.165, 1.54) is 17.3 Å². The van der Waals surface area contributed by atoms with Gasteiger partial charge in [0, 0.05) is 6.42 Å². The molecule has 0 N–H and O–H groups in total. The molecule has 5 heteroatoms. The summed E-state index contributed by atoms with van der Waals surface area (Å²) in [5, 5.41) is 0.654. The fraction of sp³-hybridized carbons (Fsp3) is 0.120. The van der Waals surface area contributed by atoms with E-state index in [1.54, 1.807) is 4.90 Å². The molecule has 0 bridgehead atoms. The number of aliphatic imine (C=N–C) groups is 1. The first-order valence-electron chi connectivity index (χ1n) is 9.90. The number of hydrogen-bond acceptors (Lipinski definition) is 4. The lowest BCUT2D eigenvalue weighted by Crippen LogP contribution is -2.28. The van der Waals surface area contributed by atoms with Gasteiger partial charge in [0.15, 0.2) is 5.17 Å². The second-order valence-corrected chi connectivity index (χ2v) is 8.33. The van der Waals surface area contributed by atoms with Gasteiger partial charge in [-0.15, -0.1) is 0 Å². The van der Waals surface area contributed by atoms with Crippen LogP contribution in [-0.4, -0.2) is 17.2 Å². The zero-order valence-electron chi connectivity index (χ0n) is 16.5. The fourth-order valence-electron chi connectivity index (χ4n) is 3.65. The van der Waals surface area contributed by atoms with Crippen LogP contribution in [0.1, 0.15) is 18.1 Å². The summed E-state index contributed by atoms with van der Waals surface area (Å²) in [4.78, 5) is 20.4. The maximum atomic E-state index is 13.3. The molecule has 0 aromatic heterocycles. The monoisotopic (exact) mass is 412 g/mol. The first-order chi connectivity index (χ1) is 14.7. The molecule has 0 aliphatic carbocycles. The van der Waals surface area contributed by atoms with Crippen LogP contribution in [0.5, 0.6) is 5.75 Å². The van der Waals surface area contributed by atoms with E-state index in [9.17, 15) is 4.79 Å². The summed E-state index contributed by atoms with van der Waals surface area (Å²) in [5.74, 6) is 0.873. The van der Waals surface area contributed by atoms with Crippen molar-refractivity contribution in [3.63, 3.8) is 0 Å². The van der Waals surface area contributed by atoms with Crippen LogP contribution in [0.15, 0.2) is 88.8 Å². The number of carbonyl (C=O) groups is 1. The Morgan fingerprint density at radius 1 is 1.03 bits per heavy atom. The summed E-state index contributed by atoms with van der Waals surface area (Å²) in [7, 11) is 0. The highest BCUT2D eigenvalue weighted by molar-refractivity contribution is 8.19. The number of nitrogens with zero attached hydrogens (tertiary/aromatic N) is 2. The van der Waals surface area contributed by atoms with Crippen LogP contribution < -0.4 is 9.64 Å². The minimum absolute atomic E-state index is 0.0639. The smallest absolute Gasteiger partial charge is 0.271 e. The lowest BCUT2D eigenvalue weighted by Gasteiger charge is -2.15. The van der Waals surface area contributed by atoms with E-state index in [0.717, 1.165) is 29.1 Å². The number of ether oxygens (including phenoxy) is 1.